The quantitative estimate of drug-likeness (QED) is 0.833. The molecule has 1 heterocycles. The van der Waals surface area contributed by atoms with Crippen LogP contribution in [0.5, 0.6) is 0 Å². The molecule has 2 rings (SSSR count). The molecule has 96 valence electrons. The molecule has 1 atom stereocenters. The van der Waals surface area contributed by atoms with Gasteiger partial charge >= 0.3 is 6.03 Å². The molecule has 1 N–H and O–H groups in total. The van der Waals surface area contributed by atoms with E-state index < -0.39 is 6.04 Å². The molecule has 0 spiro atoms. The maximum absolute atomic E-state index is 12.2. The highest BCUT2D eigenvalue weighted by Gasteiger charge is 2.39. The van der Waals surface area contributed by atoms with Crippen LogP contribution in [0.4, 0.5) is 10.5 Å². The first-order valence-corrected chi connectivity index (χ1v) is 6.20. The number of amides is 3. The third-order valence-electron chi connectivity index (χ3n) is 3.08. The molecule has 1 aliphatic heterocycles. The van der Waals surface area contributed by atoms with Gasteiger partial charge in [0.1, 0.15) is 6.04 Å². The summed E-state index contributed by atoms with van der Waals surface area (Å²) in [6.07, 6.45) is 0.674. The van der Waals surface area contributed by atoms with Crippen LogP contribution in [0.15, 0.2) is 24.3 Å². The lowest BCUT2D eigenvalue weighted by Crippen LogP contribution is -2.32. The molecule has 1 aliphatic rings. The average molecular weight is 246 g/mol. The highest BCUT2D eigenvalue weighted by Crippen LogP contribution is 2.24. The summed E-state index contributed by atoms with van der Waals surface area (Å²) in [5.74, 6) is 0.221. The minimum absolute atomic E-state index is 0.150. The van der Waals surface area contributed by atoms with Crippen molar-refractivity contribution in [3.05, 3.63) is 29.8 Å². The lowest BCUT2D eigenvalue weighted by atomic mass is 10.0. The maximum atomic E-state index is 12.2. The highest BCUT2D eigenvalue weighted by molar-refractivity contribution is 6.21. The van der Waals surface area contributed by atoms with Crippen LogP contribution < -0.4 is 10.2 Å². The van der Waals surface area contributed by atoms with E-state index in [9.17, 15) is 9.59 Å². The van der Waals surface area contributed by atoms with Crippen LogP contribution in [0, 0.1) is 12.8 Å². The molecular formula is C14H18N2O2. The fraction of sp³-hybridized carbons (Fsp3) is 0.429. The van der Waals surface area contributed by atoms with Gasteiger partial charge in [-0.25, -0.2) is 9.69 Å². The normalized spacial score (nSPS) is 19.6. The smallest absolute Gasteiger partial charge is 0.325 e. The van der Waals surface area contributed by atoms with Crippen LogP contribution in [-0.4, -0.2) is 18.0 Å². The zero-order chi connectivity index (χ0) is 13.3. The maximum Gasteiger partial charge on any atom is 0.329 e. The van der Waals surface area contributed by atoms with Gasteiger partial charge in [0.05, 0.1) is 5.69 Å². The molecule has 4 heteroatoms. The third kappa shape index (κ3) is 2.23. The second-order valence-electron chi connectivity index (χ2n) is 5.09. The fourth-order valence-corrected chi connectivity index (χ4v) is 2.20. The van der Waals surface area contributed by atoms with Crippen LogP contribution in [-0.2, 0) is 4.79 Å². The van der Waals surface area contributed by atoms with Crippen molar-refractivity contribution >= 4 is 17.6 Å². The summed E-state index contributed by atoms with van der Waals surface area (Å²) >= 11 is 0. The molecule has 3 amide bonds. The number of aryl methyl sites for hydroxylation is 1. The van der Waals surface area contributed by atoms with Crippen molar-refractivity contribution in [3.8, 4) is 0 Å². The van der Waals surface area contributed by atoms with Crippen molar-refractivity contribution in [3.63, 3.8) is 0 Å². The Labute approximate surface area is 107 Å². The van der Waals surface area contributed by atoms with Gasteiger partial charge in [-0.1, -0.05) is 32.0 Å². The standard InChI is InChI=1S/C14H18N2O2/c1-9(2)8-11-13(17)16(14(18)15-11)12-7-5-4-6-10(12)3/h4-7,9,11H,8H2,1-3H3,(H,15,18). The number of hydrogen-bond donors (Lipinski definition) is 1. The van der Waals surface area contributed by atoms with E-state index in [1.807, 2.05) is 39.0 Å². The predicted molar refractivity (Wildman–Crippen MR) is 70.4 cm³/mol. The van der Waals surface area contributed by atoms with Crippen LogP contribution >= 0.6 is 0 Å². The number of para-hydroxylation sites is 1. The molecule has 1 aromatic rings. The van der Waals surface area contributed by atoms with Crippen molar-refractivity contribution < 1.29 is 9.59 Å². The second kappa shape index (κ2) is 4.80. The third-order valence-corrected chi connectivity index (χ3v) is 3.08. The van der Waals surface area contributed by atoms with Crippen LogP contribution in [0.1, 0.15) is 25.8 Å². The summed E-state index contributed by atoms with van der Waals surface area (Å²) in [6.45, 7) is 5.97. The molecule has 0 radical (unpaired) electrons. The van der Waals surface area contributed by atoms with Gasteiger partial charge in [0, 0.05) is 0 Å². The Bertz CT molecular complexity index is 482. The molecule has 18 heavy (non-hydrogen) atoms. The number of nitrogens with one attached hydrogen (secondary N) is 1. The number of imide groups is 1. The number of nitrogens with zero attached hydrogens (tertiary/aromatic N) is 1. The van der Waals surface area contributed by atoms with Crippen molar-refractivity contribution in [2.75, 3.05) is 4.90 Å². The van der Waals surface area contributed by atoms with Gasteiger partial charge in [-0.15, -0.1) is 0 Å². The second-order valence-corrected chi connectivity index (χ2v) is 5.09. The first-order valence-electron chi connectivity index (χ1n) is 6.20. The molecule has 1 saturated heterocycles. The zero-order valence-electron chi connectivity index (χ0n) is 10.9. The minimum Gasteiger partial charge on any atom is -0.325 e. The predicted octanol–water partition coefficient (Wildman–Crippen LogP) is 2.47. The molecule has 1 unspecified atom stereocenters. The first-order chi connectivity index (χ1) is 8.50. The molecular weight excluding hydrogens is 228 g/mol. The Morgan fingerprint density at radius 3 is 2.56 bits per heavy atom. The topological polar surface area (TPSA) is 49.4 Å². The molecule has 4 nitrogen and oxygen atoms in total. The SMILES string of the molecule is Cc1ccccc1N1C(=O)NC(CC(C)C)C1=O. The van der Waals surface area contributed by atoms with Gasteiger partial charge < -0.3 is 5.32 Å². The van der Waals surface area contributed by atoms with Gasteiger partial charge in [0.25, 0.3) is 5.91 Å². The zero-order valence-corrected chi connectivity index (χ0v) is 10.9. The number of carbonyl (C=O) groups is 2. The number of hydrogen-bond acceptors (Lipinski definition) is 2. The Balaban J connectivity index is 2.27. The van der Waals surface area contributed by atoms with E-state index >= 15 is 0 Å². The van der Waals surface area contributed by atoms with Crippen molar-refractivity contribution in [1.82, 2.24) is 5.32 Å². The molecule has 1 aromatic carbocycles. The molecule has 0 bridgehead atoms. The van der Waals surface area contributed by atoms with E-state index in [2.05, 4.69) is 5.32 Å². The van der Waals surface area contributed by atoms with Crippen LogP contribution in [0.2, 0.25) is 0 Å². The van der Waals surface area contributed by atoms with Gasteiger partial charge in [-0.05, 0) is 30.9 Å². The van der Waals surface area contributed by atoms with Crippen LogP contribution in [0.25, 0.3) is 0 Å². The first kappa shape index (κ1) is 12.6. The minimum atomic E-state index is -0.392. The summed E-state index contributed by atoms with van der Waals surface area (Å²) < 4.78 is 0. The summed E-state index contributed by atoms with van der Waals surface area (Å²) in [6, 6.07) is 6.70. The number of benzene rings is 1. The van der Waals surface area contributed by atoms with E-state index in [0.717, 1.165) is 5.56 Å². The largest absolute Gasteiger partial charge is 0.329 e. The summed E-state index contributed by atoms with van der Waals surface area (Å²) in [5.41, 5.74) is 1.59. The molecule has 1 fully saturated rings. The number of carbonyl (C=O) groups excluding carboxylic acids is 2. The van der Waals surface area contributed by atoms with Crippen molar-refractivity contribution in [2.24, 2.45) is 5.92 Å². The lowest BCUT2D eigenvalue weighted by Gasteiger charge is -2.15. The Morgan fingerprint density at radius 1 is 1.28 bits per heavy atom. The van der Waals surface area contributed by atoms with Crippen molar-refractivity contribution in [1.29, 1.82) is 0 Å². The number of anilines is 1. The monoisotopic (exact) mass is 246 g/mol. The van der Waals surface area contributed by atoms with Gasteiger partial charge in [-0.2, -0.15) is 0 Å². The highest BCUT2D eigenvalue weighted by atomic mass is 16.2. The van der Waals surface area contributed by atoms with E-state index in [1.165, 1.54) is 4.90 Å². The van der Waals surface area contributed by atoms with Gasteiger partial charge in [0.2, 0.25) is 0 Å². The van der Waals surface area contributed by atoms with Crippen molar-refractivity contribution in [2.45, 2.75) is 33.2 Å². The number of urea groups is 1. The Kier molecular flexibility index (Phi) is 3.36. The number of rotatable bonds is 3. The Morgan fingerprint density at radius 2 is 1.94 bits per heavy atom. The van der Waals surface area contributed by atoms with Gasteiger partial charge in [-0.3, -0.25) is 4.79 Å². The lowest BCUT2D eigenvalue weighted by molar-refractivity contribution is -0.118. The van der Waals surface area contributed by atoms with E-state index in [4.69, 9.17) is 0 Å². The molecule has 0 aliphatic carbocycles. The summed E-state index contributed by atoms with van der Waals surface area (Å²) in [5, 5.41) is 2.75. The molecule has 0 saturated carbocycles. The molecule has 0 aromatic heterocycles. The fourth-order valence-electron chi connectivity index (χ4n) is 2.20. The Hall–Kier alpha value is -1.84. The van der Waals surface area contributed by atoms with E-state index in [0.29, 0.717) is 18.0 Å². The average Bonchev–Trinajstić information content (AvgIpc) is 2.55. The van der Waals surface area contributed by atoms with E-state index in [1.54, 1.807) is 6.07 Å². The van der Waals surface area contributed by atoms with Gasteiger partial charge in [0.15, 0.2) is 0 Å². The summed E-state index contributed by atoms with van der Waals surface area (Å²) in [7, 11) is 0. The van der Waals surface area contributed by atoms with E-state index in [-0.39, 0.29) is 11.9 Å². The van der Waals surface area contributed by atoms with Crippen LogP contribution in [0.3, 0.4) is 0 Å². The summed E-state index contributed by atoms with van der Waals surface area (Å²) in [4.78, 5) is 25.4.